The average Bonchev–Trinajstić information content (AvgIpc) is 2.46. The van der Waals surface area contributed by atoms with Crippen LogP contribution in [0, 0.1) is 0 Å². The Morgan fingerprint density at radius 1 is 1.40 bits per heavy atom. The highest BCUT2D eigenvalue weighted by molar-refractivity contribution is 5.39. The second kappa shape index (κ2) is 7.43. The highest BCUT2D eigenvalue weighted by Crippen LogP contribution is 2.19. The van der Waals surface area contributed by atoms with Crippen LogP contribution in [0.3, 0.4) is 0 Å². The fourth-order valence-electron chi connectivity index (χ4n) is 2.58. The zero-order valence-corrected chi connectivity index (χ0v) is 12.8. The normalized spacial score (nSPS) is 19.1. The first-order valence-corrected chi connectivity index (χ1v) is 7.65. The Kier molecular flexibility index (Phi) is 5.59. The molecule has 1 N–H and O–H groups in total. The number of nitrogens with one attached hydrogen (secondary N) is 1. The molecule has 0 aliphatic carbocycles. The molecule has 0 amide bonds. The Morgan fingerprint density at radius 3 is 2.90 bits per heavy atom. The van der Waals surface area contributed by atoms with Crippen molar-refractivity contribution in [1.82, 2.24) is 15.3 Å². The zero-order chi connectivity index (χ0) is 14.4. The molecule has 5 nitrogen and oxygen atoms in total. The number of aromatic nitrogens is 2. The van der Waals surface area contributed by atoms with Gasteiger partial charge < -0.3 is 15.0 Å². The molecule has 1 aliphatic rings. The van der Waals surface area contributed by atoms with Gasteiger partial charge in [-0.25, -0.2) is 0 Å². The van der Waals surface area contributed by atoms with Gasteiger partial charge in [0.2, 0.25) is 5.88 Å². The molecular formula is C15H26N4O. The van der Waals surface area contributed by atoms with Gasteiger partial charge in [-0.1, -0.05) is 6.42 Å². The van der Waals surface area contributed by atoms with Crippen LogP contribution in [0.2, 0.25) is 0 Å². The van der Waals surface area contributed by atoms with Crippen LogP contribution in [0.4, 0.5) is 5.82 Å². The molecule has 20 heavy (non-hydrogen) atoms. The van der Waals surface area contributed by atoms with Crippen LogP contribution in [-0.2, 0) is 0 Å². The Labute approximate surface area is 121 Å². The zero-order valence-electron chi connectivity index (χ0n) is 12.8. The van der Waals surface area contributed by atoms with Gasteiger partial charge in [0.1, 0.15) is 0 Å². The molecular weight excluding hydrogens is 252 g/mol. The molecule has 1 aromatic heterocycles. The van der Waals surface area contributed by atoms with Gasteiger partial charge in [0.25, 0.3) is 0 Å². The third kappa shape index (κ3) is 4.07. The van der Waals surface area contributed by atoms with Gasteiger partial charge >= 0.3 is 0 Å². The summed E-state index contributed by atoms with van der Waals surface area (Å²) >= 11 is 0. The van der Waals surface area contributed by atoms with Crippen molar-refractivity contribution in [2.75, 3.05) is 24.6 Å². The maximum absolute atomic E-state index is 5.45. The van der Waals surface area contributed by atoms with Crippen LogP contribution in [0.1, 0.15) is 40.0 Å². The number of rotatable bonds is 6. The van der Waals surface area contributed by atoms with Gasteiger partial charge in [-0.15, -0.1) is 0 Å². The van der Waals surface area contributed by atoms with E-state index in [0.29, 0.717) is 24.6 Å². The molecule has 1 unspecified atom stereocenters. The van der Waals surface area contributed by atoms with E-state index in [2.05, 4.69) is 34.0 Å². The van der Waals surface area contributed by atoms with Crippen molar-refractivity contribution >= 4 is 5.82 Å². The molecule has 112 valence electrons. The molecule has 0 radical (unpaired) electrons. The van der Waals surface area contributed by atoms with Gasteiger partial charge in [-0.05, 0) is 40.2 Å². The van der Waals surface area contributed by atoms with Crippen molar-refractivity contribution in [3.8, 4) is 5.88 Å². The van der Waals surface area contributed by atoms with Crippen LogP contribution in [0.5, 0.6) is 5.88 Å². The van der Waals surface area contributed by atoms with Crippen molar-refractivity contribution in [3.63, 3.8) is 0 Å². The van der Waals surface area contributed by atoms with Gasteiger partial charge in [-0.3, -0.25) is 4.98 Å². The summed E-state index contributed by atoms with van der Waals surface area (Å²) < 4.78 is 5.45. The molecule has 0 bridgehead atoms. The Hall–Kier alpha value is -1.36. The van der Waals surface area contributed by atoms with E-state index in [4.69, 9.17) is 4.74 Å². The maximum Gasteiger partial charge on any atom is 0.234 e. The second-order valence-corrected chi connectivity index (χ2v) is 5.54. The summed E-state index contributed by atoms with van der Waals surface area (Å²) in [6, 6.07) is 0.939. The number of piperidine rings is 1. The smallest absolute Gasteiger partial charge is 0.234 e. The number of hydrogen-bond donors (Lipinski definition) is 1. The number of ether oxygens (including phenoxy) is 1. The Morgan fingerprint density at radius 2 is 2.25 bits per heavy atom. The molecule has 0 saturated carbocycles. The van der Waals surface area contributed by atoms with Crippen LogP contribution < -0.4 is 15.0 Å². The minimum atomic E-state index is 0.393. The van der Waals surface area contributed by atoms with Crippen molar-refractivity contribution in [2.45, 2.75) is 52.1 Å². The summed E-state index contributed by atoms with van der Waals surface area (Å²) in [7, 11) is 0. The van der Waals surface area contributed by atoms with Crippen LogP contribution in [0.15, 0.2) is 12.4 Å². The van der Waals surface area contributed by atoms with Crippen LogP contribution in [0.25, 0.3) is 0 Å². The van der Waals surface area contributed by atoms with E-state index in [0.717, 1.165) is 18.9 Å². The summed E-state index contributed by atoms with van der Waals surface area (Å²) in [6.45, 7) is 9.06. The molecule has 2 rings (SSSR count). The van der Waals surface area contributed by atoms with Crippen molar-refractivity contribution in [3.05, 3.63) is 12.4 Å². The standard InChI is InChI=1S/C15H26N4O/c1-4-20-15-10-16-9-14(18-15)19(12(2)3)11-13-7-5-6-8-17-13/h9-10,12-13,17H,4-8,11H2,1-3H3. The first kappa shape index (κ1) is 15.0. The molecule has 1 atom stereocenters. The van der Waals surface area contributed by atoms with E-state index in [9.17, 15) is 0 Å². The lowest BCUT2D eigenvalue weighted by atomic mass is 10.0. The monoisotopic (exact) mass is 278 g/mol. The van der Waals surface area contributed by atoms with E-state index < -0.39 is 0 Å². The summed E-state index contributed by atoms with van der Waals surface area (Å²) in [4.78, 5) is 11.1. The minimum Gasteiger partial charge on any atom is -0.477 e. The largest absolute Gasteiger partial charge is 0.477 e. The SMILES string of the molecule is CCOc1cncc(N(CC2CCCCN2)C(C)C)n1. The van der Waals surface area contributed by atoms with E-state index in [1.165, 1.54) is 19.3 Å². The van der Waals surface area contributed by atoms with Gasteiger partial charge in [0.15, 0.2) is 5.82 Å². The predicted octanol–water partition coefficient (Wildman–Crippen LogP) is 2.23. The topological polar surface area (TPSA) is 50.3 Å². The fourth-order valence-corrected chi connectivity index (χ4v) is 2.58. The van der Waals surface area contributed by atoms with Crippen molar-refractivity contribution < 1.29 is 4.74 Å². The first-order chi connectivity index (χ1) is 9.70. The molecule has 0 aromatic carbocycles. The van der Waals surface area contributed by atoms with Crippen molar-refractivity contribution in [2.24, 2.45) is 0 Å². The first-order valence-electron chi connectivity index (χ1n) is 7.65. The predicted molar refractivity (Wildman–Crippen MR) is 81.3 cm³/mol. The van der Waals surface area contributed by atoms with Gasteiger partial charge in [-0.2, -0.15) is 4.98 Å². The lowest BCUT2D eigenvalue weighted by Crippen LogP contribution is -2.46. The van der Waals surface area contributed by atoms with E-state index >= 15 is 0 Å². The second-order valence-electron chi connectivity index (χ2n) is 5.54. The lowest BCUT2D eigenvalue weighted by molar-refractivity contribution is 0.324. The molecule has 5 heteroatoms. The maximum atomic E-state index is 5.45. The highest BCUT2D eigenvalue weighted by Gasteiger charge is 2.20. The Balaban J connectivity index is 2.08. The third-order valence-corrected chi connectivity index (χ3v) is 3.64. The van der Waals surface area contributed by atoms with E-state index in [-0.39, 0.29) is 0 Å². The molecule has 1 aromatic rings. The third-order valence-electron chi connectivity index (χ3n) is 3.64. The van der Waals surface area contributed by atoms with E-state index in [1.807, 2.05) is 13.1 Å². The molecule has 1 aliphatic heterocycles. The summed E-state index contributed by atoms with van der Waals surface area (Å²) in [6.07, 6.45) is 7.34. The van der Waals surface area contributed by atoms with Gasteiger partial charge in [0.05, 0.1) is 19.0 Å². The lowest BCUT2D eigenvalue weighted by Gasteiger charge is -2.33. The number of hydrogen-bond acceptors (Lipinski definition) is 5. The van der Waals surface area contributed by atoms with Crippen molar-refractivity contribution in [1.29, 1.82) is 0 Å². The van der Waals surface area contributed by atoms with Crippen LogP contribution >= 0.6 is 0 Å². The van der Waals surface area contributed by atoms with E-state index in [1.54, 1.807) is 6.20 Å². The average molecular weight is 278 g/mol. The summed E-state index contributed by atoms with van der Waals surface area (Å²) in [5.74, 6) is 1.51. The fraction of sp³-hybridized carbons (Fsp3) is 0.733. The Bertz CT molecular complexity index is 405. The number of anilines is 1. The highest BCUT2D eigenvalue weighted by atomic mass is 16.5. The molecule has 1 saturated heterocycles. The van der Waals surface area contributed by atoms with Crippen LogP contribution in [-0.4, -0.2) is 41.7 Å². The quantitative estimate of drug-likeness (QED) is 0.865. The number of nitrogens with zero attached hydrogens (tertiary/aromatic N) is 3. The minimum absolute atomic E-state index is 0.393. The summed E-state index contributed by atoms with van der Waals surface area (Å²) in [5, 5.41) is 3.59. The molecule has 2 heterocycles. The molecule has 0 spiro atoms. The summed E-state index contributed by atoms with van der Waals surface area (Å²) in [5.41, 5.74) is 0. The molecule has 1 fully saturated rings. The van der Waals surface area contributed by atoms with Gasteiger partial charge in [0, 0.05) is 18.6 Å².